The third kappa shape index (κ3) is 6.89. The van der Waals surface area contributed by atoms with Gasteiger partial charge in [-0.25, -0.2) is 4.79 Å². The van der Waals surface area contributed by atoms with Gasteiger partial charge in [-0.05, 0) is 63.6 Å². The van der Waals surface area contributed by atoms with Crippen molar-refractivity contribution in [1.29, 1.82) is 0 Å². The summed E-state index contributed by atoms with van der Waals surface area (Å²) in [6, 6.07) is 15.3. The number of phenols is 1. The molecule has 0 heterocycles. The average Bonchev–Trinajstić information content (AvgIpc) is 2.58. The second-order valence-corrected chi connectivity index (χ2v) is 6.83. The second kappa shape index (κ2) is 10.6. The molecular formula is C22H31NO3. The van der Waals surface area contributed by atoms with Gasteiger partial charge in [0.15, 0.2) is 0 Å². The number of carboxylic acid groups (broad SMARTS) is 1. The normalized spacial score (nSPS) is 10.8. The Kier molecular flexibility index (Phi) is 8.86. The minimum Gasteiger partial charge on any atom is -0.508 e. The zero-order valence-corrected chi connectivity index (χ0v) is 16.4. The third-order valence-electron chi connectivity index (χ3n) is 4.26. The van der Waals surface area contributed by atoms with Crippen molar-refractivity contribution in [3.63, 3.8) is 0 Å². The van der Waals surface area contributed by atoms with E-state index in [1.54, 1.807) is 0 Å². The van der Waals surface area contributed by atoms with E-state index in [1.165, 1.54) is 18.2 Å². The van der Waals surface area contributed by atoms with Crippen molar-refractivity contribution in [1.82, 2.24) is 4.90 Å². The lowest BCUT2D eigenvalue weighted by atomic mass is 10.0. The van der Waals surface area contributed by atoms with Crippen LogP contribution >= 0.6 is 0 Å². The average molecular weight is 357 g/mol. The summed E-state index contributed by atoms with van der Waals surface area (Å²) in [7, 11) is 0. The fourth-order valence-corrected chi connectivity index (χ4v) is 3.00. The molecule has 0 aliphatic carbocycles. The molecule has 2 N–H and O–H groups in total. The fourth-order valence-electron chi connectivity index (χ4n) is 3.00. The molecule has 2 aromatic rings. The summed E-state index contributed by atoms with van der Waals surface area (Å²) >= 11 is 0. The number of benzene rings is 2. The number of rotatable bonds is 6. The van der Waals surface area contributed by atoms with E-state index in [-0.39, 0.29) is 11.3 Å². The van der Waals surface area contributed by atoms with Gasteiger partial charge in [-0.1, -0.05) is 37.3 Å². The van der Waals surface area contributed by atoms with Crippen LogP contribution in [0.15, 0.2) is 48.5 Å². The standard InChI is InChI=1S/C14H12O3.C8H19N/c15-13-7-6-11(14(16)17)9-12(13)8-10-4-2-1-3-5-10;1-6-9(7(2)3)8(4)5/h1-7,9,15H,8H2,(H,16,17);7-8H,6H2,1-5H3. The van der Waals surface area contributed by atoms with Crippen LogP contribution in [0.25, 0.3) is 0 Å². The van der Waals surface area contributed by atoms with Crippen LogP contribution in [0, 0.1) is 0 Å². The molecule has 0 aliphatic heterocycles. The molecule has 2 aromatic carbocycles. The molecule has 0 aromatic heterocycles. The Morgan fingerprint density at radius 3 is 2.00 bits per heavy atom. The highest BCUT2D eigenvalue weighted by molar-refractivity contribution is 5.88. The van der Waals surface area contributed by atoms with Gasteiger partial charge in [0.05, 0.1) is 5.56 Å². The van der Waals surface area contributed by atoms with E-state index in [1.807, 2.05) is 30.3 Å². The zero-order chi connectivity index (χ0) is 19.7. The smallest absolute Gasteiger partial charge is 0.335 e. The monoisotopic (exact) mass is 357 g/mol. The summed E-state index contributed by atoms with van der Waals surface area (Å²) in [6.45, 7) is 12.3. The molecule has 0 unspecified atom stereocenters. The van der Waals surface area contributed by atoms with Crippen molar-refractivity contribution < 1.29 is 15.0 Å². The summed E-state index contributed by atoms with van der Waals surface area (Å²) < 4.78 is 0. The van der Waals surface area contributed by atoms with Crippen LogP contribution in [0.1, 0.15) is 56.1 Å². The van der Waals surface area contributed by atoms with Crippen LogP contribution in [-0.4, -0.2) is 39.7 Å². The zero-order valence-electron chi connectivity index (χ0n) is 16.4. The maximum absolute atomic E-state index is 10.8. The fraction of sp³-hybridized carbons (Fsp3) is 0.409. The topological polar surface area (TPSA) is 60.8 Å². The van der Waals surface area contributed by atoms with Crippen molar-refractivity contribution in [2.24, 2.45) is 0 Å². The lowest BCUT2D eigenvalue weighted by molar-refractivity contribution is 0.0696. The molecule has 4 heteroatoms. The molecule has 26 heavy (non-hydrogen) atoms. The SMILES string of the molecule is CCN(C(C)C)C(C)C.O=C(O)c1ccc(O)c(Cc2ccccc2)c1. The molecule has 0 aliphatic rings. The summed E-state index contributed by atoms with van der Waals surface area (Å²) in [6.07, 6.45) is 0.522. The second-order valence-electron chi connectivity index (χ2n) is 6.83. The first kappa shape index (κ1) is 21.7. The van der Waals surface area contributed by atoms with Gasteiger partial charge in [0, 0.05) is 18.5 Å². The first-order chi connectivity index (χ1) is 12.3. The predicted octanol–water partition coefficient (Wildman–Crippen LogP) is 4.81. The molecule has 0 atom stereocenters. The number of carbonyl (C=O) groups is 1. The van der Waals surface area contributed by atoms with Crippen LogP contribution < -0.4 is 0 Å². The summed E-state index contributed by atoms with van der Waals surface area (Å²) in [5, 5.41) is 18.6. The van der Waals surface area contributed by atoms with Crippen molar-refractivity contribution in [2.75, 3.05) is 6.54 Å². The molecule has 0 radical (unpaired) electrons. The minimum absolute atomic E-state index is 0.124. The summed E-state index contributed by atoms with van der Waals surface area (Å²) in [5.74, 6) is -0.863. The van der Waals surface area contributed by atoms with Crippen molar-refractivity contribution in [2.45, 2.75) is 53.1 Å². The molecule has 0 saturated carbocycles. The van der Waals surface area contributed by atoms with Gasteiger partial charge in [0.25, 0.3) is 0 Å². The number of carboxylic acids is 1. The summed E-state index contributed by atoms with van der Waals surface area (Å²) in [5.41, 5.74) is 1.84. The minimum atomic E-state index is -0.987. The van der Waals surface area contributed by atoms with E-state index in [2.05, 4.69) is 39.5 Å². The van der Waals surface area contributed by atoms with Gasteiger partial charge >= 0.3 is 5.97 Å². The molecule has 0 bridgehead atoms. The first-order valence-corrected chi connectivity index (χ1v) is 9.11. The molecule has 0 saturated heterocycles. The maximum Gasteiger partial charge on any atom is 0.335 e. The number of phenolic OH excluding ortho intramolecular Hbond substituents is 1. The van der Waals surface area contributed by atoms with E-state index in [0.717, 1.165) is 12.1 Å². The number of hydrogen-bond donors (Lipinski definition) is 2. The van der Waals surface area contributed by atoms with Crippen LogP contribution in [0.5, 0.6) is 5.75 Å². The third-order valence-corrected chi connectivity index (χ3v) is 4.26. The summed E-state index contributed by atoms with van der Waals surface area (Å²) in [4.78, 5) is 13.3. The van der Waals surface area contributed by atoms with Gasteiger partial charge in [-0.2, -0.15) is 0 Å². The molecule has 0 spiro atoms. The Hall–Kier alpha value is -2.33. The van der Waals surface area contributed by atoms with Crippen molar-refractivity contribution in [3.05, 3.63) is 65.2 Å². The largest absolute Gasteiger partial charge is 0.508 e. The Morgan fingerprint density at radius 1 is 1.00 bits per heavy atom. The first-order valence-electron chi connectivity index (χ1n) is 9.11. The van der Waals surface area contributed by atoms with Gasteiger partial charge in [-0.3, -0.25) is 4.90 Å². The molecule has 0 amide bonds. The van der Waals surface area contributed by atoms with E-state index in [4.69, 9.17) is 5.11 Å². The van der Waals surface area contributed by atoms with Crippen LogP contribution in [0.3, 0.4) is 0 Å². The number of aromatic carboxylic acids is 1. The highest BCUT2D eigenvalue weighted by Crippen LogP contribution is 2.21. The van der Waals surface area contributed by atoms with Gasteiger partial charge < -0.3 is 10.2 Å². The van der Waals surface area contributed by atoms with E-state index >= 15 is 0 Å². The Balaban J connectivity index is 0.000000321. The van der Waals surface area contributed by atoms with E-state index in [9.17, 15) is 9.90 Å². The molecule has 4 nitrogen and oxygen atoms in total. The number of hydrogen-bond acceptors (Lipinski definition) is 3. The maximum atomic E-state index is 10.8. The lowest BCUT2D eigenvalue weighted by Gasteiger charge is -2.28. The van der Waals surface area contributed by atoms with Gasteiger partial charge in [-0.15, -0.1) is 0 Å². The Bertz CT molecular complexity index is 673. The number of nitrogens with zero attached hydrogens (tertiary/aromatic N) is 1. The Labute approximate surface area is 157 Å². The van der Waals surface area contributed by atoms with Crippen molar-refractivity contribution >= 4 is 5.97 Å². The highest BCUT2D eigenvalue weighted by atomic mass is 16.4. The van der Waals surface area contributed by atoms with Crippen LogP contribution in [-0.2, 0) is 6.42 Å². The molecule has 0 fully saturated rings. The van der Waals surface area contributed by atoms with Crippen LogP contribution in [0.4, 0.5) is 0 Å². The van der Waals surface area contributed by atoms with Crippen molar-refractivity contribution in [3.8, 4) is 5.75 Å². The molecule has 142 valence electrons. The van der Waals surface area contributed by atoms with E-state index < -0.39 is 5.97 Å². The van der Waals surface area contributed by atoms with Gasteiger partial charge in [0.1, 0.15) is 5.75 Å². The molecule has 2 rings (SSSR count). The Morgan fingerprint density at radius 2 is 1.58 bits per heavy atom. The quantitative estimate of drug-likeness (QED) is 0.779. The van der Waals surface area contributed by atoms with Gasteiger partial charge in [0.2, 0.25) is 0 Å². The van der Waals surface area contributed by atoms with Crippen LogP contribution in [0.2, 0.25) is 0 Å². The number of aromatic hydroxyl groups is 1. The highest BCUT2D eigenvalue weighted by Gasteiger charge is 2.09. The lowest BCUT2D eigenvalue weighted by Crippen LogP contribution is -2.36. The molecular weight excluding hydrogens is 326 g/mol. The predicted molar refractivity (Wildman–Crippen MR) is 107 cm³/mol. The van der Waals surface area contributed by atoms with E-state index in [0.29, 0.717) is 24.1 Å².